The van der Waals surface area contributed by atoms with Crippen LogP contribution in [-0.4, -0.2) is 5.11 Å². The molecule has 1 unspecified atom stereocenters. The fourth-order valence-electron chi connectivity index (χ4n) is 2.70. The molecular formula is C20H26O. The minimum Gasteiger partial charge on any atom is -0.508 e. The molecule has 0 fully saturated rings. The Morgan fingerprint density at radius 1 is 0.857 bits per heavy atom. The van der Waals surface area contributed by atoms with Gasteiger partial charge in [-0.3, -0.25) is 0 Å². The van der Waals surface area contributed by atoms with Gasteiger partial charge in [0.15, 0.2) is 0 Å². The average molecular weight is 282 g/mol. The van der Waals surface area contributed by atoms with Crippen molar-refractivity contribution in [2.24, 2.45) is 0 Å². The largest absolute Gasteiger partial charge is 0.508 e. The zero-order valence-electron chi connectivity index (χ0n) is 13.2. The summed E-state index contributed by atoms with van der Waals surface area (Å²) in [6, 6.07) is 16.6. The molecule has 0 bridgehead atoms. The van der Waals surface area contributed by atoms with E-state index in [4.69, 9.17) is 0 Å². The number of aryl methyl sites for hydroxylation is 1. The summed E-state index contributed by atoms with van der Waals surface area (Å²) >= 11 is 0. The number of benzene rings is 2. The van der Waals surface area contributed by atoms with Crippen molar-refractivity contribution in [3.63, 3.8) is 0 Å². The lowest BCUT2D eigenvalue weighted by Gasteiger charge is -2.13. The molecule has 0 aromatic heterocycles. The van der Waals surface area contributed by atoms with Crippen molar-refractivity contribution in [2.75, 3.05) is 0 Å². The molecule has 0 saturated heterocycles. The average Bonchev–Trinajstić information content (AvgIpc) is 2.50. The first-order chi connectivity index (χ1) is 10.2. The van der Waals surface area contributed by atoms with E-state index in [1.54, 1.807) is 12.1 Å². The fourth-order valence-corrected chi connectivity index (χ4v) is 2.70. The van der Waals surface area contributed by atoms with Crippen LogP contribution >= 0.6 is 0 Å². The van der Waals surface area contributed by atoms with Gasteiger partial charge in [0.25, 0.3) is 0 Å². The van der Waals surface area contributed by atoms with Crippen molar-refractivity contribution in [1.82, 2.24) is 0 Å². The van der Waals surface area contributed by atoms with E-state index in [1.807, 2.05) is 12.1 Å². The second kappa shape index (κ2) is 7.87. The van der Waals surface area contributed by atoms with Crippen LogP contribution in [-0.2, 0) is 12.8 Å². The Morgan fingerprint density at radius 3 is 2.10 bits per heavy atom. The maximum Gasteiger partial charge on any atom is 0.115 e. The van der Waals surface area contributed by atoms with E-state index in [1.165, 1.54) is 42.4 Å². The molecule has 2 rings (SSSR count). The molecule has 112 valence electrons. The van der Waals surface area contributed by atoms with Gasteiger partial charge in [-0.15, -0.1) is 0 Å². The van der Waals surface area contributed by atoms with Crippen LogP contribution in [0.5, 0.6) is 5.75 Å². The van der Waals surface area contributed by atoms with E-state index in [2.05, 4.69) is 38.1 Å². The number of phenols is 1. The van der Waals surface area contributed by atoms with Gasteiger partial charge >= 0.3 is 0 Å². The molecule has 21 heavy (non-hydrogen) atoms. The minimum atomic E-state index is 0.336. The third kappa shape index (κ3) is 4.93. The summed E-state index contributed by atoms with van der Waals surface area (Å²) < 4.78 is 0. The summed E-state index contributed by atoms with van der Waals surface area (Å²) in [5.41, 5.74) is 4.11. The SMILES string of the molecule is CCCCCc1ccc(C(C)Cc2ccc(O)cc2)cc1. The smallest absolute Gasteiger partial charge is 0.115 e. The van der Waals surface area contributed by atoms with Gasteiger partial charge in [0.05, 0.1) is 0 Å². The van der Waals surface area contributed by atoms with Crippen LogP contribution < -0.4 is 0 Å². The van der Waals surface area contributed by atoms with Crippen LogP contribution in [0.25, 0.3) is 0 Å². The van der Waals surface area contributed by atoms with Gasteiger partial charge in [0, 0.05) is 0 Å². The summed E-state index contributed by atoms with van der Waals surface area (Å²) in [5, 5.41) is 9.33. The molecule has 1 N–H and O–H groups in total. The predicted octanol–water partition coefficient (Wildman–Crippen LogP) is 5.47. The summed E-state index contributed by atoms with van der Waals surface area (Å²) in [7, 11) is 0. The second-order valence-electron chi connectivity index (χ2n) is 5.97. The number of aromatic hydroxyl groups is 1. The molecular weight excluding hydrogens is 256 g/mol. The minimum absolute atomic E-state index is 0.336. The molecule has 0 aliphatic rings. The first-order valence-electron chi connectivity index (χ1n) is 8.05. The molecule has 0 aliphatic heterocycles. The highest BCUT2D eigenvalue weighted by Crippen LogP contribution is 2.22. The molecule has 1 atom stereocenters. The first kappa shape index (κ1) is 15.6. The first-order valence-corrected chi connectivity index (χ1v) is 8.05. The van der Waals surface area contributed by atoms with Gasteiger partial charge in [0.2, 0.25) is 0 Å². The van der Waals surface area contributed by atoms with Crippen molar-refractivity contribution in [1.29, 1.82) is 0 Å². The van der Waals surface area contributed by atoms with Gasteiger partial charge in [-0.25, -0.2) is 0 Å². The van der Waals surface area contributed by atoms with Crippen molar-refractivity contribution >= 4 is 0 Å². The van der Waals surface area contributed by atoms with Crippen molar-refractivity contribution in [3.05, 3.63) is 65.2 Å². The Morgan fingerprint density at radius 2 is 1.48 bits per heavy atom. The summed E-state index contributed by atoms with van der Waals surface area (Å²) in [6.45, 7) is 4.51. The molecule has 2 aromatic carbocycles. The number of rotatable bonds is 7. The van der Waals surface area contributed by atoms with Crippen LogP contribution in [0.2, 0.25) is 0 Å². The number of hydrogen-bond donors (Lipinski definition) is 1. The molecule has 0 spiro atoms. The number of unbranched alkanes of at least 4 members (excludes halogenated alkanes) is 2. The molecule has 0 saturated carbocycles. The lowest BCUT2D eigenvalue weighted by Crippen LogP contribution is -1.98. The third-order valence-corrected chi connectivity index (χ3v) is 4.10. The molecule has 0 aliphatic carbocycles. The van der Waals surface area contributed by atoms with E-state index in [-0.39, 0.29) is 0 Å². The molecule has 0 radical (unpaired) electrons. The van der Waals surface area contributed by atoms with Gasteiger partial charge in [-0.2, -0.15) is 0 Å². The molecule has 1 heteroatoms. The Balaban J connectivity index is 1.93. The van der Waals surface area contributed by atoms with Crippen LogP contribution in [0.3, 0.4) is 0 Å². The van der Waals surface area contributed by atoms with Gasteiger partial charge in [0.1, 0.15) is 5.75 Å². The van der Waals surface area contributed by atoms with Crippen molar-refractivity contribution in [2.45, 2.75) is 51.9 Å². The van der Waals surface area contributed by atoms with Gasteiger partial charge in [-0.1, -0.05) is 63.1 Å². The number of phenolic OH excluding ortho intramolecular Hbond substituents is 1. The highest BCUT2D eigenvalue weighted by atomic mass is 16.3. The van der Waals surface area contributed by atoms with E-state index < -0.39 is 0 Å². The van der Waals surface area contributed by atoms with Crippen LogP contribution in [0.1, 0.15) is 55.7 Å². The normalized spacial score (nSPS) is 12.3. The Labute approximate surface area is 128 Å². The van der Waals surface area contributed by atoms with E-state index in [9.17, 15) is 5.11 Å². The quantitative estimate of drug-likeness (QED) is 0.667. The van der Waals surface area contributed by atoms with Crippen LogP contribution in [0, 0.1) is 0 Å². The monoisotopic (exact) mass is 282 g/mol. The maximum absolute atomic E-state index is 9.33. The Hall–Kier alpha value is -1.76. The summed E-state index contributed by atoms with van der Waals surface area (Å²) in [6.07, 6.45) is 6.09. The molecule has 1 nitrogen and oxygen atoms in total. The zero-order valence-corrected chi connectivity index (χ0v) is 13.2. The second-order valence-corrected chi connectivity index (χ2v) is 5.97. The summed E-state index contributed by atoms with van der Waals surface area (Å²) in [4.78, 5) is 0. The maximum atomic E-state index is 9.33. The Bertz CT molecular complexity index is 525. The highest BCUT2D eigenvalue weighted by molar-refractivity contribution is 5.30. The van der Waals surface area contributed by atoms with Crippen molar-refractivity contribution in [3.8, 4) is 5.75 Å². The molecule has 2 aromatic rings. The van der Waals surface area contributed by atoms with Gasteiger partial charge < -0.3 is 5.11 Å². The Kier molecular flexibility index (Phi) is 5.86. The zero-order chi connectivity index (χ0) is 15.1. The topological polar surface area (TPSA) is 20.2 Å². The standard InChI is InChI=1S/C20H26O/c1-3-4-5-6-17-7-11-19(12-8-17)16(2)15-18-9-13-20(21)14-10-18/h7-14,16,21H,3-6,15H2,1-2H3. The summed E-state index contributed by atoms with van der Waals surface area (Å²) in [5.74, 6) is 0.835. The lowest BCUT2D eigenvalue weighted by atomic mass is 9.92. The van der Waals surface area contributed by atoms with Crippen LogP contribution in [0.15, 0.2) is 48.5 Å². The molecule has 0 amide bonds. The predicted molar refractivity (Wildman–Crippen MR) is 89.9 cm³/mol. The van der Waals surface area contributed by atoms with Gasteiger partial charge in [-0.05, 0) is 54.0 Å². The van der Waals surface area contributed by atoms with E-state index >= 15 is 0 Å². The number of hydrogen-bond acceptors (Lipinski definition) is 1. The third-order valence-electron chi connectivity index (χ3n) is 4.10. The molecule has 0 heterocycles. The lowest BCUT2D eigenvalue weighted by molar-refractivity contribution is 0.475. The van der Waals surface area contributed by atoms with E-state index in [0.29, 0.717) is 11.7 Å². The van der Waals surface area contributed by atoms with E-state index in [0.717, 1.165) is 6.42 Å². The fraction of sp³-hybridized carbons (Fsp3) is 0.400. The van der Waals surface area contributed by atoms with Crippen molar-refractivity contribution < 1.29 is 5.11 Å². The van der Waals surface area contributed by atoms with Crippen LogP contribution in [0.4, 0.5) is 0 Å². The highest BCUT2D eigenvalue weighted by Gasteiger charge is 2.07.